The van der Waals surface area contributed by atoms with E-state index in [1.165, 1.54) is 4.88 Å². The summed E-state index contributed by atoms with van der Waals surface area (Å²) in [5, 5.41) is 9.14. The van der Waals surface area contributed by atoms with Gasteiger partial charge in [-0.2, -0.15) is 0 Å². The van der Waals surface area contributed by atoms with Crippen LogP contribution in [0.15, 0.2) is 35.8 Å². The minimum Gasteiger partial charge on any atom is -0.481 e. The Morgan fingerprint density at radius 1 is 1.40 bits per heavy atom. The molecule has 0 aliphatic carbocycles. The van der Waals surface area contributed by atoms with E-state index in [9.17, 15) is 4.79 Å². The zero-order chi connectivity index (χ0) is 14.5. The van der Waals surface area contributed by atoms with Crippen molar-refractivity contribution in [2.75, 3.05) is 7.05 Å². The molecular weight excluding hydrogens is 272 g/mol. The fourth-order valence-corrected chi connectivity index (χ4v) is 3.02. The third kappa shape index (κ3) is 3.65. The Hall–Kier alpha value is -1.72. The summed E-state index contributed by atoms with van der Waals surface area (Å²) in [5.74, 6) is -0.785. The van der Waals surface area contributed by atoms with Gasteiger partial charge in [-0.15, -0.1) is 11.3 Å². The van der Waals surface area contributed by atoms with Gasteiger partial charge in [-0.25, -0.2) is 4.98 Å². The molecule has 0 saturated carbocycles. The third-order valence-corrected chi connectivity index (χ3v) is 4.24. The van der Waals surface area contributed by atoms with Gasteiger partial charge in [-0.05, 0) is 19.5 Å². The zero-order valence-electron chi connectivity index (χ0n) is 11.6. The molecule has 5 heteroatoms. The van der Waals surface area contributed by atoms with Crippen molar-refractivity contribution < 1.29 is 9.90 Å². The number of carbonyl (C=O) groups is 1. The van der Waals surface area contributed by atoms with E-state index in [1.807, 2.05) is 49.8 Å². The van der Waals surface area contributed by atoms with E-state index in [1.54, 1.807) is 11.3 Å². The first-order valence-electron chi connectivity index (χ1n) is 6.44. The predicted molar refractivity (Wildman–Crippen MR) is 79.8 cm³/mol. The van der Waals surface area contributed by atoms with Gasteiger partial charge in [-0.1, -0.05) is 30.3 Å². The number of aryl methyl sites for hydroxylation is 1. The molecule has 106 valence electrons. The Labute approximate surface area is 122 Å². The van der Waals surface area contributed by atoms with Gasteiger partial charge >= 0.3 is 5.97 Å². The lowest BCUT2D eigenvalue weighted by Crippen LogP contribution is -2.26. The normalized spacial score (nSPS) is 12.6. The lowest BCUT2D eigenvalue weighted by molar-refractivity contribution is -0.138. The number of aliphatic carboxylic acids is 1. The van der Waals surface area contributed by atoms with Gasteiger partial charge in [0, 0.05) is 17.5 Å². The summed E-state index contributed by atoms with van der Waals surface area (Å²) in [6.45, 7) is 2.69. The summed E-state index contributed by atoms with van der Waals surface area (Å²) in [4.78, 5) is 18.6. The van der Waals surface area contributed by atoms with Crippen LogP contribution in [0.1, 0.15) is 28.6 Å². The standard InChI is InChI=1S/C15H18N2O2S/c1-11-14(20-10-16-11)9-17(2)13(8-15(18)19)12-6-4-3-5-7-12/h3-7,10,13H,8-9H2,1-2H3,(H,18,19). The SMILES string of the molecule is Cc1ncsc1CN(C)C(CC(=O)O)c1ccccc1. The molecule has 20 heavy (non-hydrogen) atoms. The number of hydrogen-bond acceptors (Lipinski definition) is 4. The van der Waals surface area contributed by atoms with Crippen LogP contribution in [-0.4, -0.2) is 28.0 Å². The predicted octanol–water partition coefficient (Wildman–Crippen LogP) is 3.10. The van der Waals surface area contributed by atoms with Crippen molar-refractivity contribution in [1.82, 2.24) is 9.88 Å². The van der Waals surface area contributed by atoms with Crippen LogP contribution in [0, 0.1) is 6.92 Å². The van der Waals surface area contributed by atoms with E-state index in [-0.39, 0.29) is 12.5 Å². The lowest BCUT2D eigenvalue weighted by atomic mass is 10.0. The fraction of sp³-hybridized carbons (Fsp3) is 0.333. The number of carboxylic acid groups (broad SMARTS) is 1. The fourth-order valence-electron chi connectivity index (χ4n) is 2.18. The molecular formula is C15H18N2O2S. The number of rotatable bonds is 6. The molecule has 1 atom stereocenters. The molecule has 1 unspecified atom stereocenters. The number of carboxylic acids is 1. The Bertz CT molecular complexity index is 568. The first kappa shape index (κ1) is 14.7. The van der Waals surface area contributed by atoms with Crippen molar-refractivity contribution in [3.05, 3.63) is 52.0 Å². The largest absolute Gasteiger partial charge is 0.481 e. The van der Waals surface area contributed by atoms with Crippen molar-refractivity contribution >= 4 is 17.3 Å². The molecule has 2 aromatic rings. The maximum atomic E-state index is 11.1. The molecule has 1 aromatic carbocycles. The topological polar surface area (TPSA) is 53.4 Å². The van der Waals surface area contributed by atoms with Crippen molar-refractivity contribution in [1.29, 1.82) is 0 Å². The third-order valence-electron chi connectivity index (χ3n) is 3.32. The van der Waals surface area contributed by atoms with E-state index >= 15 is 0 Å². The van der Waals surface area contributed by atoms with E-state index in [0.717, 1.165) is 11.3 Å². The highest BCUT2D eigenvalue weighted by Gasteiger charge is 2.21. The summed E-state index contributed by atoms with van der Waals surface area (Å²) in [7, 11) is 1.96. The maximum absolute atomic E-state index is 11.1. The summed E-state index contributed by atoms with van der Waals surface area (Å²) in [5.41, 5.74) is 3.87. The molecule has 2 rings (SSSR count). The van der Waals surface area contributed by atoms with Crippen LogP contribution in [-0.2, 0) is 11.3 Å². The molecule has 0 aliphatic heterocycles. The zero-order valence-corrected chi connectivity index (χ0v) is 12.4. The molecule has 1 heterocycles. The van der Waals surface area contributed by atoms with Gasteiger partial charge in [0.15, 0.2) is 0 Å². The van der Waals surface area contributed by atoms with E-state index in [0.29, 0.717) is 6.54 Å². The first-order valence-corrected chi connectivity index (χ1v) is 7.32. The molecule has 0 saturated heterocycles. The van der Waals surface area contributed by atoms with Gasteiger partial charge in [-0.3, -0.25) is 9.69 Å². The Morgan fingerprint density at radius 2 is 2.10 bits per heavy atom. The van der Waals surface area contributed by atoms with Crippen LogP contribution in [0.3, 0.4) is 0 Å². The van der Waals surface area contributed by atoms with E-state index in [2.05, 4.69) is 9.88 Å². The second kappa shape index (κ2) is 6.63. The van der Waals surface area contributed by atoms with Crippen LogP contribution < -0.4 is 0 Å². The average Bonchev–Trinajstić information content (AvgIpc) is 2.82. The molecule has 0 fully saturated rings. The van der Waals surface area contributed by atoms with Crippen molar-refractivity contribution in [3.8, 4) is 0 Å². The highest BCUT2D eigenvalue weighted by molar-refractivity contribution is 7.09. The lowest BCUT2D eigenvalue weighted by Gasteiger charge is -2.27. The summed E-state index contributed by atoms with van der Waals surface area (Å²) in [6.07, 6.45) is 0.0956. The monoisotopic (exact) mass is 290 g/mol. The number of thiazole rings is 1. The maximum Gasteiger partial charge on any atom is 0.305 e. The Balaban J connectivity index is 2.18. The number of hydrogen-bond donors (Lipinski definition) is 1. The van der Waals surface area contributed by atoms with E-state index < -0.39 is 5.97 Å². The Morgan fingerprint density at radius 3 is 2.65 bits per heavy atom. The summed E-state index contributed by atoms with van der Waals surface area (Å²) in [6, 6.07) is 9.64. The Kier molecular flexibility index (Phi) is 4.87. The minimum atomic E-state index is -0.785. The summed E-state index contributed by atoms with van der Waals surface area (Å²) < 4.78 is 0. The van der Waals surface area contributed by atoms with Crippen LogP contribution >= 0.6 is 11.3 Å². The smallest absolute Gasteiger partial charge is 0.305 e. The molecule has 1 aromatic heterocycles. The van der Waals surface area contributed by atoms with Crippen LogP contribution in [0.4, 0.5) is 0 Å². The van der Waals surface area contributed by atoms with Gasteiger partial charge in [0.25, 0.3) is 0 Å². The van der Waals surface area contributed by atoms with Gasteiger partial charge in [0.1, 0.15) is 0 Å². The average molecular weight is 290 g/mol. The van der Waals surface area contributed by atoms with E-state index in [4.69, 9.17) is 5.11 Å². The van der Waals surface area contributed by atoms with Crippen molar-refractivity contribution in [2.24, 2.45) is 0 Å². The van der Waals surface area contributed by atoms with Crippen LogP contribution in [0.2, 0.25) is 0 Å². The second-order valence-corrected chi connectivity index (χ2v) is 5.74. The van der Waals surface area contributed by atoms with Gasteiger partial charge < -0.3 is 5.11 Å². The molecule has 0 bridgehead atoms. The molecule has 0 aliphatic rings. The van der Waals surface area contributed by atoms with Crippen molar-refractivity contribution in [3.63, 3.8) is 0 Å². The van der Waals surface area contributed by atoms with Crippen LogP contribution in [0.25, 0.3) is 0 Å². The number of nitrogens with zero attached hydrogens (tertiary/aromatic N) is 2. The highest BCUT2D eigenvalue weighted by Crippen LogP contribution is 2.26. The van der Waals surface area contributed by atoms with Gasteiger partial charge in [0.2, 0.25) is 0 Å². The van der Waals surface area contributed by atoms with Gasteiger partial charge in [0.05, 0.1) is 17.6 Å². The number of benzene rings is 1. The molecule has 0 amide bonds. The first-order chi connectivity index (χ1) is 9.58. The highest BCUT2D eigenvalue weighted by atomic mass is 32.1. The van der Waals surface area contributed by atoms with Crippen molar-refractivity contribution in [2.45, 2.75) is 25.9 Å². The summed E-state index contributed by atoms with van der Waals surface area (Å²) >= 11 is 1.61. The molecule has 0 spiro atoms. The minimum absolute atomic E-state index is 0.0956. The van der Waals surface area contributed by atoms with Crippen LogP contribution in [0.5, 0.6) is 0 Å². The second-order valence-electron chi connectivity index (χ2n) is 4.80. The molecule has 4 nitrogen and oxygen atoms in total. The number of aromatic nitrogens is 1. The molecule has 1 N–H and O–H groups in total. The quantitative estimate of drug-likeness (QED) is 0.888. The molecule has 0 radical (unpaired) electrons.